The maximum atomic E-state index is 12.9. The molecule has 0 spiro atoms. The zero-order chi connectivity index (χ0) is 19.8. The van der Waals surface area contributed by atoms with Gasteiger partial charge >= 0.3 is 6.03 Å². The van der Waals surface area contributed by atoms with Crippen LogP contribution in [0, 0.1) is 0 Å². The fourth-order valence-corrected chi connectivity index (χ4v) is 5.33. The first kappa shape index (κ1) is 18.3. The number of para-hydroxylation sites is 1. The van der Waals surface area contributed by atoms with E-state index in [4.69, 9.17) is 4.98 Å². The van der Waals surface area contributed by atoms with Gasteiger partial charge in [-0.1, -0.05) is 42.5 Å². The molecule has 3 heterocycles. The third-order valence-corrected chi connectivity index (χ3v) is 6.81. The van der Waals surface area contributed by atoms with Crippen molar-refractivity contribution in [3.8, 4) is 0 Å². The second-order valence-electron chi connectivity index (χ2n) is 7.59. The third kappa shape index (κ3) is 3.52. The van der Waals surface area contributed by atoms with Gasteiger partial charge in [-0.3, -0.25) is 9.69 Å². The number of hydrogen-bond acceptors (Lipinski definition) is 5. The Morgan fingerprint density at radius 2 is 1.86 bits per heavy atom. The first-order valence-corrected chi connectivity index (χ1v) is 10.8. The number of carbonyl (C=O) groups excluding carboxylic acids is 2. The van der Waals surface area contributed by atoms with E-state index in [0.717, 1.165) is 35.5 Å². The molecule has 2 aromatic carbocycles. The maximum Gasteiger partial charge on any atom is 0.325 e. The van der Waals surface area contributed by atoms with Crippen LogP contribution in [0.5, 0.6) is 0 Å². The van der Waals surface area contributed by atoms with E-state index in [-0.39, 0.29) is 18.0 Å². The van der Waals surface area contributed by atoms with Crippen LogP contribution in [-0.4, -0.2) is 46.0 Å². The molecule has 1 N–H and O–H groups in total. The number of nitrogens with zero attached hydrogens (tertiary/aromatic N) is 3. The molecule has 2 aliphatic rings. The largest absolute Gasteiger partial charge is 0.325 e. The van der Waals surface area contributed by atoms with E-state index >= 15 is 0 Å². The van der Waals surface area contributed by atoms with Crippen molar-refractivity contribution in [3.63, 3.8) is 0 Å². The number of likely N-dealkylation sites (tertiary alicyclic amines) is 1. The smallest absolute Gasteiger partial charge is 0.325 e. The van der Waals surface area contributed by atoms with Crippen LogP contribution in [-0.2, 0) is 11.2 Å². The van der Waals surface area contributed by atoms with Gasteiger partial charge in [-0.15, -0.1) is 11.3 Å². The molecule has 0 saturated carbocycles. The van der Waals surface area contributed by atoms with Gasteiger partial charge in [0.25, 0.3) is 5.91 Å². The number of urea groups is 1. The summed E-state index contributed by atoms with van der Waals surface area (Å²) in [5.74, 6) is -0.145. The van der Waals surface area contributed by atoms with Gasteiger partial charge in [-0.05, 0) is 30.5 Å². The molecule has 0 bridgehead atoms. The minimum Gasteiger partial charge on any atom is -0.325 e. The molecule has 3 amide bonds. The van der Waals surface area contributed by atoms with Crippen LogP contribution >= 0.6 is 11.3 Å². The van der Waals surface area contributed by atoms with Crippen molar-refractivity contribution >= 4 is 33.5 Å². The highest BCUT2D eigenvalue weighted by molar-refractivity contribution is 7.18. The minimum atomic E-state index is -0.492. The van der Waals surface area contributed by atoms with Crippen molar-refractivity contribution in [3.05, 3.63) is 65.2 Å². The molecule has 0 radical (unpaired) electrons. The predicted molar refractivity (Wildman–Crippen MR) is 112 cm³/mol. The summed E-state index contributed by atoms with van der Waals surface area (Å²) in [5, 5.41) is 3.92. The summed E-state index contributed by atoms with van der Waals surface area (Å²) < 4.78 is 1.17. The van der Waals surface area contributed by atoms with Crippen molar-refractivity contribution in [1.82, 2.24) is 20.1 Å². The van der Waals surface area contributed by atoms with E-state index in [2.05, 4.69) is 16.3 Å². The van der Waals surface area contributed by atoms with Crippen LogP contribution < -0.4 is 5.32 Å². The Bertz CT molecular complexity index is 1020. The third-order valence-electron chi connectivity index (χ3n) is 5.67. The van der Waals surface area contributed by atoms with Gasteiger partial charge in [0.2, 0.25) is 0 Å². The predicted octanol–water partition coefficient (Wildman–Crippen LogP) is 3.55. The van der Waals surface area contributed by atoms with E-state index in [1.54, 1.807) is 11.3 Å². The Morgan fingerprint density at radius 1 is 1.07 bits per heavy atom. The number of imide groups is 1. The number of nitrogens with one attached hydrogen (secondary N) is 1. The summed E-state index contributed by atoms with van der Waals surface area (Å²) in [5.41, 5.74) is 2.05. The first-order chi connectivity index (χ1) is 14.2. The minimum absolute atomic E-state index is 0.145. The molecule has 0 unspecified atom stereocenters. The van der Waals surface area contributed by atoms with Crippen LogP contribution in [0.3, 0.4) is 0 Å². The molecule has 2 atom stereocenters. The zero-order valence-corrected chi connectivity index (χ0v) is 16.8. The van der Waals surface area contributed by atoms with Gasteiger partial charge < -0.3 is 5.32 Å². The Kier molecular flexibility index (Phi) is 4.77. The quantitative estimate of drug-likeness (QED) is 0.658. The average Bonchev–Trinajstić information content (AvgIpc) is 3.43. The molecule has 29 heavy (non-hydrogen) atoms. The molecule has 7 heteroatoms. The van der Waals surface area contributed by atoms with Crippen molar-refractivity contribution in [2.45, 2.75) is 31.3 Å². The second kappa shape index (κ2) is 7.57. The van der Waals surface area contributed by atoms with E-state index in [1.165, 1.54) is 9.60 Å². The fraction of sp³-hybridized carbons (Fsp3) is 0.318. The van der Waals surface area contributed by atoms with Gasteiger partial charge in [0.15, 0.2) is 0 Å². The Labute approximate surface area is 173 Å². The molecular weight excluding hydrogens is 384 g/mol. The van der Waals surface area contributed by atoms with E-state index in [1.807, 2.05) is 48.5 Å². The van der Waals surface area contributed by atoms with E-state index < -0.39 is 6.04 Å². The topological polar surface area (TPSA) is 65.5 Å². The summed E-state index contributed by atoms with van der Waals surface area (Å²) in [6.45, 7) is 1.18. The van der Waals surface area contributed by atoms with Gasteiger partial charge in [-0.2, -0.15) is 0 Å². The van der Waals surface area contributed by atoms with Gasteiger partial charge in [0.1, 0.15) is 11.0 Å². The summed E-state index contributed by atoms with van der Waals surface area (Å²) in [6.07, 6.45) is 2.55. The average molecular weight is 407 g/mol. The lowest BCUT2D eigenvalue weighted by Crippen LogP contribution is -2.41. The molecule has 3 aromatic rings. The lowest BCUT2D eigenvalue weighted by molar-refractivity contribution is -0.129. The van der Waals surface area contributed by atoms with Gasteiger partial charge in [-0.25, -0.2) is 14.7 Å². The SMILES string of the molecule is O=C1N[C@@H](Cc2ccccc2)C(=O)N1CN1CCC[C@H]1c1nc2ccccc2s1. The Hall–Kier alpha value is -2.77. The molecule has 0 aliphatic carbocycles. The second-order valence-corrected chi connectivity index (χ2v) is 8.65. The van der Waals surface area contributed by atoms with Crippen molar-refractivity contribution in [2.75, 3.05) is 13.2 Å². The lowest BCUT2D eigenvalue weighted by atomic mass is 10.1. The number of carbonyl (C=O) groups is 2. The van der Waals surface area contributed by atoms with E-state index in [9.17, 15) is 9.59 Å². The highest BCUT2D eigenvalue weighted by atomic mass is 32.1. The number of amides is 3. The number of benzene rings is 2. The summed E-state index contributed by atoms with van der Waals surface area (Å²) in [7, 11) is 0. The lowest BCUT2D eigenvalue weighted by Gasteiger charge is -2.26. The highest BCUT2D eigenvalue weighted by Crippen LogP contribution is 2.36. The number of rotatable bonds is 5. The van der Waals surface area contributed by atoms with Crippen LogP contribution in [0.1, 0.15) is 29.5 Å². The number of thiazole rings is 1. The van der Waals surface area contributed by atoms with Crippen molar-refractivity contribution in [1.29, 1.82) is 0 Å². The summed E-state index contributed by atoms with van der Waals surface area (Å²) in [4.78, 5) is 33.8. The Balaban J connectivity index is 1.31. The van der Waals surface area contributed by atoms with Crippen molar-refractivity contribution < 1.29 is 9.59 Å². The maximum absolute atomic E-state index is 12.9. The Morgan fingerprint density at radius 3 is 2.69 bits per heavy atom. The van der Waals surface area contributed by atoms with Gasteiger partial charge in [0.05, 0.1) is 22.9 Å². The molecular formula is C22H22N4O2S. The fourth-order valence-electron chi connectivity index (χ4n) is 4.19. The number of aromatic nitrogens is 1. The molecule has 1 aromatic heterocycles. The van der Waals surface area contributed by atoms with Crippen LogP contribution in [0.15, 0.2) is 54.6 Å². The zero-order valence-electron chi connectivity index (χ0n) is 16.0. The molecule has 6 nitrogen and oxygen atoms in total. The molecule has 2 aliphatic heterocycles. The van der Waals surface area contributed by atoms with Gasteiger partial charge in [0, 0.05) is 13.0 Å². The van der Waals surface area contributed by atoms with Crippen LogP contribution in [0.4, 0.5) is 4.79 Å². The number of fused-ring (bicyclic) bond motifs is 1. The molecule has 148 valence electrons. The number of hydrogen-bond donors (Lipinski definition) is 1. The molecule has 2 fully saturated rings. The monoisotopic (exact) mass is 406 g/mol. The molecule has 5 rings (SSSR count). The van der Waals surface area contributed by atoms with Crippen molar-refractivity contribution in [2.24, 2.45) is 0 Å². The summed E-state index contributed by atoms with van der Waals surface area (Å²) in [6, 6.07) is 17.3. The summed E-state index contributed by atoms with van der Waals surface area (Å²) >= 11 is 1.70. The van der Waals surface area contributed by atoms with E-state index in [0.29, 0.717) is 13.1 Å². The van der Waals surface area contributed by atoms with Crippen LogP contribution in [0.25, 0.3) is 10.2 Å². The standard InChI is InChI=1S/C22H22N4O2S/c27-21-17(13-15-7-2-1-3-8-15)24-22(28)26(21)14-25-12-6-10-18(25)20-23-16-9-4-5-11-19(16)29-20/h1-5,7-9,11,17-18H,6,10,12-14H2,(H,24,28)/t17-,18-/m0/s1. The first-order valence-electron chi connectivity index (χ1n) is 9.94. The van der Waals surface area contributed by atoms with Crippen LogP contribution in [0.2, 0.25) is 0 Å². The normalized spacial score (nSPS) is 22.6. The highest BCUT2D eigenvalue weighted by Gasteiger charge is 2.40. The molecule has 2 saturated heterocycles.